The second kappa shape index (κ2) is 6.25. The number of rotatable bonds is 5. The van der Waals surface area contributed by atoms with Gasteiger partial charge in [-0.25, -0.2) is 8.78 Å². The number of hydrogen-bond acceptors (Lipinski definition) is 3. The first-order valence-corrected chi connectivity index (χ1v) is 6.90. The fourth-order valence-electron chi connectivity index (χ4n) is 2.39. The molecule has 0 aliphatic heterocycles. The molecule has 1 aliphatic rings. The van der Waals surface area contributed by atoms with Crippen LogP contribution in [-0.4, -0.2) is 35.2 Å². The third-order valence-electron chi connectivity index (χ3n) is 3.80. The highest BCUT2D eigenvalue weighted by Crippen LogP contribution is 2.47. The molecule has 0 spiro atoms. The van der Waals surface area contributed by atoms with E-state index in [4.69, 9.17) is 5.11 Å². The predicted octanol–water partition coefficient (Wildman–Crippen LogP) is 2.68. The van der Waals surface area contributed by atoms with Crippen LogP contribution in [0, 0.1) is 11.6 Å². The van der Waals surface area contributed by atoms with E-state index < -0.39 is 53.0 Å². The zero-order valence-electron chi connectivity index (χ0n) is 12.1. The number of carbonyl (C=O) groups is 2. The summed E-state index contributed by atoms with van der Waals surface area (Å²) in [6.45, 7) is -0.852. The molecule has 10 heteroatoms. The molecule has 0 heterocycles. The Kier molecular flexibility index (Phi) is 4.68. The molecule has 0 aromatic heterocycles. The highest BCUT2D eigenvalue weighted by atomic mass is 19.4. The molecule has 0 unspecified atom stereocenters. The van der Waals surface area contributed by atoms with Crippen LogP contribution >= 0.6 is 0 Å². The first-order chi connectivity index (χ1) is 11.1. The van der Waals surface area contributed by atoms with Gasteiger partial charge in [-0.1, -0.05) is 0 Å². The van der Waals surface area contributed by atoms with Crippen LogP contribution in [0.15, 0.2) is 12.1 Å². The van der Waals surface area contributed by atoms with E-state index in [1.807, 2.05) is 0 Å². The van der Waals surface area contributed by atoms with Crippen molar-refractivity contribution in [2.75, 3.05) is 11.9 Å². The van der Waals surface area contributed by atoms with E-state index in [0.29, 0.717) is 18.6 Å². The molecule has 5 nitrogen and oxygen atoms in total. The zero-order valence-corrected chi connectivity index (χ0v) is 12.1. The Labute approximate surface area is 132 Å². The number of halogens is 5. The standard InChI is InChI=1S/C14H13F5N2O3/c15-8-4-7(21-13(2-1-3-13)14(17,18)19)5-9(16)11(8)12(24)20-6-10(22)23/h4-5,21H,1-3,6H2,(H,20,24)(H,22,23). The van der Waals surface area contributed by atoms with Gasteiger partial charge >= 0.3 is 12.1 Å². The monoisotopic (exact) mass is 352 g/mol. The van der Waals surface area contributed by atoms with Crippen LogP contribution in [0.25, 0.3) is 0 Å². The molecule has 1 aliphatic carbocycles. The molecule has 0 atom stereocenters. The van der Waals surface area contributed by atoms with Crippen LogP contribution in [0.5, 0.6) is 0 Å². The SMILES string of the molecule is O=C(O)CNC(=O)c1c(F)cc(NC2(C(F)(F)F)CCC2)cc1F. The first kappa shape index (κ1) is 18.0. The van der Waals surface area contributed by atoms with E-state index in [-0.39, 0.29) is 12.8 Å². The Hall–Kier alpha value is -2.39. The van der Waals surface area contributed by atoms with Crippen LogP contribution in [0.3, 0.4) is 0 Å². The average molecular weight is 352 g/mol. The van der Waals surface area contributed by atoms with Crippen LogP contribution in [-0.2, 0) is 4.79 Å². The summed E-state index contributed by atoms with van der Waals surface area (Å²) >= 11 is 0. The minimum Gasteiger partial charge on any atom is -0.480 e. The van der Waals surface area contributed by atoms with Crippen LogP contribution in [0.1, 0.15) is 29.6 Å². The highest BCUT2D eigenvalue weighted by Gasteiger charge is 2.58. The minimum atomic E-state index is -4.59. The number of hydrogen-bond donors (Lipinski definition) is 3. The van der Waals surface area contributed by atoms with Crippen molar-refractivity contribution >= 4 is 17.6 Å². The first-order valence-electron chi connectivity index (χ1n) is 6.90. The maximum Gasteiger partial charge on any atom is 0.411 e. The van der Waals surface area contributed by atoms with Crippen molar-refractivity contribution in [1.29, 1.82) is 0 Å². The minimum absolute atomic E-state index is 0.222. The molecule has 1 aromatic carbocycles. The van der Waals surface area contributed by atoms with Gasteiger partial charge in [0, 0.05) is 5.69 Å². The number of carboxylic acid groups (broad SMARTS) is 1. The van der Waals surface area contributed by atoms with Crippen molar-refractivity contribution in [2.24, 2.45) is 0 Å². The lowest BCUT2D eigenvalue weighted by Gasteiger charge is -2.44. The largest absolute Gasteiger partial charge is 0.480 e. The van der Waals surface area contributed by atoms with Gasteiger partial charge < -0.3 is 15.7 Å². The number of carbonyl (C=O) groups excluding carboxylic acids is 1. The summed E-state index contributed by atoms with van der Waals surface area (Å²) in [6.07, 6.45) is -4.70. The smallest absolute Gasteiger partial charge is 0.411 e. The Morgan fingerprint density at radius 1 is 1.17 bits per heavy atom. The second-order valence-corrected chi connectivity index (χ2v) is 5.45. The third kappa shape index (κ3) is 3.41. The van der Waals surface area contributed by atoms with Crippen molar-refractivity contribution in [3.05, 3.63) is 29.3 Å². The molecule has 0 radical (unpaired) electrons. The van der Waals surface area contributed by atoms with E-state index in [1.165, 1.54) is 0 Å². The number of benzene rings is 1. The Morgan fingerprint density at radius 2 is 1.71 bits per heavy atom. The molecule has 1 amide bonds. The third-order valence-corrected chi connectivity index (χ3v) is 3.80. The van der Waals surface area contributed by atoms with Gasteiger partial charge in [0.15, 0.2) is 0 Å². The zero-order chi connectivity index (χ0) is 18.1. The fraction of sp³-hybridized carbons (Fsp3) is 0.429. The van der Waals surface area contributed by atoms with Crippen LogP contribution in [0.2, 0.25) is 0 Å². The Bertz CT molecular complexity index is 648. The summed E-state index contributed by atoms with van der Waals surface area (Å²) in [5, 5.41) is 12.3. The normalized spacial score (nSPS) is 16.2. The second-order valence-electron chi connectivity index (χ2n) is 5.45. The number of nitrogens with one attached hydrogen (secondary N) is 2. The molecular weight excluding hydrogens is 339 g/mol. The van der Waals surface area contributed by atoms with Gasteiger partial charge in [-0.2, -0.15) is 13.2 Å². The van der Waals surface area contributed by atoms with Crippen molar-refractivity contribution in [1.82, 2.24) is 5.32 Å². The van der Waals surface area contributed by atoms with Crippen LogP contribution in [0.4, 0.5) is 27.6 Å². The van der Waals surface area contributed by atoms with Crippen molar-refractivity contribution in [3.63, 3.8) is 0 Å². The maximum atomic E-state index is 13.9. The highest BCUT2D eigenvalue weighted by molar-refractivity contribution is 5.96. The number of carboxylic acids is 1. The maximum absolute atomic E-state index is 13.9. The summed E-state index contributed by atoms with van der Waals surface area (Å²) in [5.74, 6) is -5.51. The Balaban J connectivity index is 2.23. The number of alkyl halides is 3. The average Bonchev–Trinajstić information content (AvgIpc) is 2.38. The molecular formula is C14H13F5N2O3. The lowest BCUT2D eigenvalue weighted by Crippen LogP contribution is -2.56. The van der Waals surface area contributed by atoms with Gasteiger partial charge in [-0.15, -0.1) is 0 Å². The summed E-state index contributed by atoms with van der Waals surface area (Å²) in [6, 6.07) is 1.15. The van der Waals surface area contributed by atoms with Gasteiger partial charge in [0.05, 0.1) is 0 Å². The lowest BCUT2D eigenvalue weighted by atomic mass is 9.76. The molecule has 24 heavy (non-hydrogen) atoms. The van der Waals surface area contributed by atoms with Gasteiger partial charge in [-0.3, -0.25) is 9.59 Å². The molecule has 1 aromatic rings. The lowest BCUT2D eigenvalue weighted by molar-refractivity contribution is -0.198. The van der Waals surface area contributed by atoms with Crippen molar-refractivity contribution in [2.45, 2.75) is 31.0 Å². The van der Waals surface area contributed by atoms with Crippen molar-refractivity contribution in [3.8, 4) is 0 Å². The van der Waals surface area contributed by atoms with Gasteiger partial charge in [0.2, 0.25) is 0 Å². The van der Waals surface area contributed by atoms with E-state index in [1.54, 1.807) is 5.32 Å². The molecule has 0 saturated heterocycles. The topological polar surface area (TPSA) is 78.4 Å². The molecule has 132 valence electrons. The number of amides is 1. The molecule has 3 N–H and O–H groups in total. The van der Waals surface area contributed by atoms with Gasteiger partial charge in [-0.05, 0) is 31.4 Å². The van der Waals surface area contributed by atoms with Gasteiger partial charge in [0.25, 0.3) is 5.91 Å². The Morgan fingerprint density at radius 3 is 2.08 bits per heavy atom. The van der Waals surface area contributed by atoms with Gasteiger partial charge in [0.1, 0.15) is 29.3 Å². The van der Waals surface area contributed by atoms with E-state index in [2.05, 4.69) is 5.32 Å². The number of anilines is 1. The summed E-state index contributed by atoms with van der Waals surface area (Å²) in [5.41, 5.74) is -3.74. The van der Waals surface area contributed by atoms with Crippen LogP contribution < -0.4 is 10.6 Å². The quantitative estimate of drug-likeness (QED) is 0.712. The summed E-state index contributed by atoms with van der Waals surface area (Å²) in [4.78, 5) is 21.9. The van der Waals surface area contributed by atoms with E-state index >= 15 is 0 Å². The molecule has 0 bridgehead atoms. The molecule has 1 fully saturated rings. The predicted molar refractivity (Wildman–Crippen MR) is 72.6 cm³/mol. The summed E-state index contributed by atoms with van der Waals surface area (Å²) in [7, 11) is 0. The van der Waals surface area contributed by atoms with E-state index in [9.17, 15) is 31.5 Å². The van der Waals surface area contributed by atoms with E-state index in [0.717, 1.165) is 0 Å². The molecule has 2 rings (SSSR count). The van der Waals surface area contributed by atoms with Crippen molar-refractivity contribution < 1.29 is 36.6 Å². The number of aliphatic carboxylic acids is 1. The fourth-order valence-corrected chi connectivity index (χ4v) is 2.39. The summed E-state index contributed by atoms with van der Waals surface area (Å²) < 4.78 is 67.0. The molecule has 1 saturated carbocycles.